The van der Waals surface area contributed by atoms with Crippen LogP contribution in [0.3, 0.4) is 0 Å². The molecule has 0 rings (SSSR count). The van der Waals surface area contributed by atoms with Gasteiger partial charge >= 0.3 is 0 Å². The lowest BCUT2D eigenvalue weighted by atomic mass is 10.0. The first-order chi connectivity index (χ1) is 12.2. The quantitative estimate of drug-likeness (QED) is 0.178. The molecule has 0 aliphatic rings. The van der Waals surface area contributed by atoms with Crippen molar-refractivity contribution in [2.45, 2.75) is 110 Å². The maximum atomic E-state index is 5.25. The minimum absolute atomic E-state index is 0. The summed E-state index contributed by atoms with van der Waals surface area (Å²) in [4.78, 5) is 15.6. The molecule has 26 heavy (non-hydrogen) atoms. The molecule has 0 N–H and O–H groups in total. The number of quaternary nitrogens is 1. The first-order valence-corrected chi connectivity index (χ1v) is 10.8. The Balaban J connectivity index is 0. The molecule has 0 saturated heterocycles. The number of unbranched alkanes of at least 4 members (excludes halogenated alkanes) is 15. The van der Waals surface area contributed by atoms with E-state index in [0.29, 0.717) is 0 Å². The van der Waals surface area contributed by atoms with Gasteiger partial charge in [0.1, 0.15) is 21.3 Å². The van der Waals surface area contributed by atoms with Gasteiger partial charge in [-0.3, -0.25) is 0 Å². The average molecular weight is 396 g/mol. The van der Waals surface area contributed by atoms with Crippen LogP contribution in [0.1, 0.15) is 110 Å². The van der Waals surface area contributed by atoms with Crippen LogP contribution in [0.4, 0.5) is 0 Å². The summed E-state index contributed by atoms with van der Waals surface area (Å²) < 4.78 is 0. The van der Waals surface area contributed by atoms with Crippen molar-refractivity contribution in [3.8, 4) is 0 Å². The summed E-state index contributed by atoms with van der Waals surface area (Å²) in [6, 6.07) is 0. The van der Waals surface area contributed by atoms with E-state index in [1.54, 1.807) is 21.3 Å². The van der Waals surface area contributed by atoms with Gasteiger partial charge in [0.2, 0.25) is 0 Å². The summed E-state index contributed by atoms with van der Waals surface area (Å²) in [7, 11) is 4.83. The van der Waals surface area contributed by atoms with E-state index < -0.39 is 0 Å². The summed E-state index contributed by atoms with van der Waals surface area (Å²) in [5.41, 5.74) is 0. The molecule has 0 saturated carbocycles. The molecule has 0 unspecified atom stereocenters. The summed E-state index contributed by atoms with van der Waals surface area (Å²) in [6.07, 6.45) is 22.1. The van der Waals surface area contributed by atoms with Crippen molar-refractivity contribution in [2.75, 3.05) is 27.9 Å². The molecule has 0 atom stereocenters. The van der Waals surface area contributed by atoms with Crippen molar-refractivity contribution >= 4 is 0 Å². The zero-order valence-electron chi connectivity index (χ0n) is 18.1. The van der Waals surface area contributed by atoms with Gasteiger partial charge in [0.25, 0.3) is 0 Å². The van der Waals surface area contributed by atoms with E-state index in [0.717, 1.165) is 13.0 Å². The molecule has 0 bridgehead atoms. The molecule has 4 nitrogen and oxygen atoms in total. The monoisotopic (exact) mass is 395 g/mol. The molecular weight excluding hydrogens is 350 g/mol. The molecule has 0 amide bonds. The zero-order chi connectivity index (χ0) is 18.6. The van der Waals surface area contributed by atoms with Crippen LogP contribution in [-0.4, -0.2) is 32.8 Å². The van der Waals surface area contributed by atoms with E-state index in [2.05, 4.69) is 6.92 Å². The lowest BCUT2D eigenvalue weighted by molar-refractivity contribution is -1.36. The summed E-state index contributed by atoms with van der Waals surface area (Å²) in [6.45, 7) is 3.02. The third-order valence-corrected chi connectivity index (χ3v) is 5.12. The maximum Gasteiger partial charge on any atom is 0.178 e. The Bertz CT molecular complexity index is 255. The van der Waals surface area contributed by atoms with Crippen LogP contribution >= 0.6 is 0 Å². The highest BCUT2D eigenvalue weighted by molar-refractivity contribution is 4.49. The maximum absolute atomic E-state index is 5.25. The fraction of sp³-hybridized carbons (Fsp3) is 1.00. The summed E-state index contributed by atoms with van der Waals surface area (Å²) >= 11 is 0. The van der Waals surface area contributed by atoms with Gasteiger partial charge in [-0.2, -0.15) is 0 Å². The normalized spacial score (nSPS) is 11.5. The second-order valence-electron chi connectivity index (χ2n) is 7.19. The predicted molar refractivity (Wildman–Crippen MR) is 106 cm³/mol. The van der Waals surface area contributed by atoms with Gasteiger partial charge in [-0.1, -0.05) is 96.8 Å². The van der Waals surface area contributed by atoms with Gasteiger partial charge in [0.05, 0.1) is 4.97 Å². The largest absolute Gasteiger partial charge is 1.00 e. The second kappa shape index (κ2) is 21.4. The molecule has 0 fully saturated rings. The van der Waals surface area contributed by atoms with Gasteiger partial charge in [-0.25, -0.2) is 0 Å². The van der Waals surface area contributed by atoms with E-state index in [9.17, 15) is 0 Å². The topological polar surface area (TPSA) is 27.7 Å². The van der Waals surface area contributed by atoms with Crippen molar-refractivity contribution in [2.24, 2.45) is 0 Å². The van der Waals surface area contributed by atoms with Gasteiger partial charge < -0.3 is 12.4 Å². The van der Waals surface area contributed by atoms with Gasteiger partial charge in [0, 0.05) is 6.42 Å². The molecule has 5 heteroatoms. The lowest BCUT2D eigenvalue weighted by Gasteiger charge is -2.24. The number of hydrogen-bond acceptors (Lipinski definition) is 3. The van der Waals surface area contributed by atoms with Crippen LogP contribution in [0.15, 0.2) is 0 Å². The van der Waals surface area contributed by atoms with Crippen molar-refractivity contribution in [1.29, 1.82) is 0 Å². The first kappa shape index (κ1) is 28.3. The van der Waals surface area contributed by atoms with Crippen molar-refractivity contribution < 1.29 is 31.9 Å². The smallest absolute Gasteiger partial charge is 0.178 e. The van der Waals surface area contributed by atoms with Crippen molar-refractivity contribution in [1.82, 2.24) is 0 Å². The summed E-state index contributed by atoms with van der Waals surface area (Å²) in [5.74, 6) is 0. The number of hydroxylamine groups is 3. The Kier molecular flexibility index (Phi) is 23.4. The third-order valence-electron chi connectivity index (χ3n) is 5.12. The van der Waals surface area contributed by atoms with Crippen LogP contribution in [0.5, 0.6) is 0 Å². The van der Waals surface area contributed by atoms with Crippen molar-refractivity contribution in [3.63, 3.8) is 0 Å². The van der Waals surface area contributed by atoms with Crippen LogP contribution in [0.2, 0.25) is 0 Å². The highest BCUT2D eigenvalue weighted by atomic mass is 35.5. The van der Waals surface area contributed by atoms with E-state index in [1.165, 1.54) is 96.3 Å². The Hall–Kier alpha value is 0.130. The minimum Gasteiger partial charge on any atom is -1.00 e. The molecule has 0 spiro atoms. The van der Waals surface area contributed by atoms with E-state index >= 15 is 0 Å². The highest BCUT2D eigenvalue weighted by Crippen LogP contribution is 2.15. The van der Waals surface area contributed by atoms with Crippen LogP contribution in [-0.2, 0) is 14.5 Å². The molecule has 0 heterocycles. The number of rotatable bonds is 20. The van der Waals surface area contributed by atoms with Crippen LogP contribution in [0, 0.1) is 0 Å². The summed E-state index contributed by atoms with van der Waals surface area (Å²) in [5, 5.41) is 0. The Labute approximate surface area is 169 Å². The molecule has 0 aliphatic heterocycles. The molecule has 0 aromatic heterocycles. The standard InChI is InChI=1S/C21H46NO3.ClH/c1-5-6-7-8-9-10-11-12-13-14-15-16-17-18-19-20-21-22(23-2,24-3)25-4;/h5-21H2,1-4H3;1H/q+1;/p-1. The van der Waals surface area contributed by atoms with E-state index in [1.807, 2.05) is 0 Å². The molecular formula is C21H46ClNO3. The Morgan fingerprint density at radius 2 is 0.731 bits per heavy atom. The van der Waals surface area contributed by atoms with Crippen LogP contribution < -0.4 is 12.4 Å². The number of hydrogen-bond donors (Lipinski definition) is 0. The fourth-order valence-electron chi connectivity index (χ4n) is 3.35. The molecule has 160 valence electrons. The minimum atomic E-state index is -0.168. The molecule has 0 aromatic carbocycles. The van der Waals surface area contributed by atoms with Gasteiger partial charge in [-0.05, 0) is 6.42 Å². The number of halogens is 1. The zero-order valence-corrected chi connectivity index (χ0v) is 18.8. The highest BCUT2D eigenvalue weighted by Gasteiger charge is 2.29. The lowest BCUT2D eigenvalue weighted by Crippen LogP contribution is -3.00. The van der Waals surface area contributed by atoms with E-state index in [-0.39, 0.29) is 17.4 Å². The first-order valence-electron chi connectivity index (χ1n) is 10.8. The second-order valence-corrected chi connectivity index (χ2v) is 7.19. The van der Waals surface area contributed by atoms with Crippen LogP contribution in [0.25, 0.3) is 0 Å². The predicted octanol–water partition coefficient (Wildman–Crippen LogP) is 3.75. The molecule has 0 radical (unpaired) electrons. The molecule has 0 aliphatic carbocycles. The number of nitrogens with zero attached hydrogens (tertiary/aromatic N) is 1. The fourth-order valence-corrected chi connectivity index (χ4v) is 3.35. The Morgan fingerprint density at radius 3 is 1.00 bits per heavy atom. The van der Waals surface area contributed by atoms with Crippen molar-refractivity contribution in [3.05, 3.63) is 0 Å². The average Bonchev–Trinajstić information content (AvgIpc) is 2.65. The third kappa shape index (κ3) is 16.3. The molecule has 0 aromatic rings. The van der Waals surface area contributed by atoms with Gasteiger partial charge in [-0.15, -0.1) is 14.5 Å². The Morgan fingerprint density at radius 1 is 0.462 bits per heavy atom. The SMILES string of the molecule is CCCCCCCCCCCCCCCCCC[N+](OC)(OC)OC.[Cl-]. The van der Waals surface area contributed by atoms with Gasteiger partial charge in [0.15, 0.2) is 6.54 Å². The van der Waals surface area contributed by atoms with E-state index in [4.69, 9.17) is 14.5 Å².